The molecule has 0 aromatic heterocycles. The Labute approximate surface area is 196 Å². The van der Waals surface area contributed by atoms with Gasteiger partial charge in [-0.1, -0.05) is 54.8 Å². The number of nitrogens with zero attached hydrogens (tertiary/aromatic N) is 2. The molecule has 2 aromatic carbocycles. The maximum Gasteiger partial charge on any atom is 0.251 e. The summed E-state index contributed by atoms with van der Waals surface area (Å²) in [4.78, 5) is 14.9. The van der Waals surface area contributed by atoms with Gasteiger partial charge in [-0.15, -0.1) is 0 Å². The summed E-state index contributed by atoms with van der Waals surface area (Å²) in [5.74, 6) is -0.311. The van der Waals surface area contributed by atoms with Crippen molar-refractivity contribution in [3.8, 4) is 0 Å². The van der Waals surface area contributed by atoms with Crippen molar-refractivity contribution in [3.63, 3.8) is 0 Å². The number of carbonyl (C=O) groups is 1. The quantitative estimate of drug-likeness (QED) is 0.627. The Morgan fingerprint density at radius 3 is 2.34 bits per heavy atom. The van der Waals surface area contributed by atoms with Crippen LogP contribution in [0, 0.1) is 0 Å². The maximum atomic E-state index is 13.2. The summed E-state index contributed by atoms with van der Waals surface area (Å²) in [6, 6.07) is 14.7. The molecule has 32 heavy (non-hydrogen) atoms. The zero-order chi connectivity index (χ0) is 23.1. The third kappa shape index (κ3) is 6.32. The van der Waals surface area contributed by atoms with E-state index in [1.165, 1.54) is 22.0 Å². The molecule has 8 heteroatoms. The highest BCUT2D eigenvalue weighted by atomic mass is 35.5. The summed E-state index contributed by atoms with van der Waals surface area (Å²) in [6.07, 6.45) is 4.52. The second-order valence-electron chi connectivity index (χ2n) is 8.48. The summed E-state index contributed by atoms with van der Waals surface area (Å²) >= 11 is 6.26. The third-order valence-corrected chi connectivity index (χ3v) is 8.30. The second-order valence-corrected chi connectivity index (χ2v) is 10.8. The number of hydrogen-bond donors (Lipinski definition) is 1. The standard InChI is InChI=1S/C24H32ClN3O3S/c1-27(2)21(16-19-10-6-5-7-11-19)18-26-24(29)20-12-13-22(25)23(17-20)32(30,31)28-14-8-3-4-9-15-28/h5-7,10-13,17,21H,3-4,8-9,14-16,18H2,1-2H3,(H,26,29)/t21-/m0/s1. The van der Waals surface area contributed by atoms with Gasteiger partial charge in [-0.2, -0.15) is 4.31 Å². The van der Waals surface area contributed by atoms with E-state index in [-0.39, 0.29) is 21.9 Å². The molecule has 1 fully saturated rings. The fraction of sp³-hybridized carbons (Fsp3) is 0.458. The number of sulfonamides is 1. The van der Waals surface area contributed by atoms with Gasteiger partial charge in [0.2, 0.25) is 10.0 Å². The number of likely N-dealkylation sites (N-methyl/N-ethyl adjacent to an activating group) is 1. The topological polar surface area (TPSA) is 69.7 Å². The Balaban J connectivity index is 1.73. The first-order chi connectivity index (χ1) is 15.3. The number of amides is 1. The normalized spacial score (nSPS) is 16.5. The molecule has 1 atom stereocenters. The molecule has 1 aliphatic rings. The first kappa shape index (κ1) is 24.7. The molecule has 2 aromatic rings. The minimum atomic E-state index is -3.74. The smallest absolute Gasteiger partial charge is 0.251 e. The van der Waals surface area contributed by atoms with E-state index in [2.05, 4.69) is 22.3 Å². The van der Waals surface area contributed by atoms with Gasteiger partial charge in [0.1, 0.15) is 4.90 Å². The number of hydrogen-bond acceptors (Lipinski definition) is 4. The van der Waals surface area contributed by atoms with Crippen molar-refractivity contribution in [1.29, 1.82) is 0 Å². The fourth-order valence-corrected chi connectivity index (χ4v) is 5.92. The Morgan fingerprint density at radius 2 is 1.72 bits per heavy atom. The van der Waals surface area contributed by atoms with E-state index in [0.717, 1.165) is 32.1 Å². The lowest BCUT2D eigenvalue weighted by Gasteiger charge is -2.25. The average molecular weight is 478 g/mol. The molecule has 1 amide bonds. The molecule has 0 saturated carbocycles. The lowest BCUT2D eigenvalue weighted by atomic mass is 10.1. The Morgan fingerprint density at radius 1 is 1.06 bits per heavy atom. The van der Waals surface area contributed by atoms with Crippen molar-refractivity contribution in [2.24, 2.45) is 0 Å². The molecular weight excluding hydrogens is 446 g/mol. The van der Waals surface area contributed by atoms with Crippen LogP contribution in [0.25, 0.3) is 0 Å². The van der Waals surface area contributed by atoms with Crippen molar-refractivity contribution in [2.45, 2.75) is 43.0 Å². The van der Waals surface area contributed by atoms with Gasteiger partial charge in [-0.05, 0) is 57.1 Å². The van der Waals surface area contributed by atoms with Crippen LogP contribution < -0.4 is 5.32 Å². The van der Waals surface area contributed by atoms with E-state index in [9.17, 15) is 13.2 Å². The van der Waals surface area contributed by atoms with Crippen molar-refractivity contribution in [2.75, 3.05) is 33.7 Å². The number of halogens is 1. The molecule has 174 valence electrons. The van der Waals surface area contributed by atoms with Crippen LogP contribution in [0.5, 0.6) is 0 Å². The Bertz CT molecular complexity index is 1000. The van der Waals surface area contributed by atoms with E-state index in [1.807, 2.05) is 32.3 Å². The minimum absolute atomic E-state index is 0.00200. The first-order valence-electron chi connectivity index (χ1n) is 11.1. The van der Waals surface area contributed by atoms with E-state index in [0.29, 0.717) is 25.2 Å². The SMILES string of the molecule is CN(C)[C@H](CNC(=O)c1ccc(Cl)c(S(=O)(=O)N2CCCCCC2)c1)Cc1ccccc1. The monoisotopic (exact) mass is 477 g/mol. The van der Waals surface area contributed by atoms with Crippen molar-refractivity contribution >= 4 is 27.5 Å². The molecule has 1 aliphatic heterocycles. The summed E-state index contributed by atoms with van der Waals surface area (Å²) in [6.45, 7) is 1.41. The van der Waals surface area contributed by atoms with Gasteiger partial charge in [-0.25, -0.2) is 8.42 Å². The lowest BCUT2D eigenvalue weighted by Crippen LogP contribution is -2.41. The molecule has 3 rings (SSSR count). The fourth-order valence-electron chi connectivity index (χ4n) is 3.90. The van der Waals surface area contributed by atoms with Gasteiger partial charge in [-0.3, -0.25) is 4.79 Å². The number of benzene rings is 2. The van der Waals surface area contributed by atoms with E-state index in [4.69, 9.17) is 11.6 Å². The molecule has 0 radical (unpaired) electrons. The van der Waals surface area contributed by atoms with E-state index >= 15 is 0 Å². The van der Waals surface area contributed by atoms with Crippen LogP contribution in [-0.4, -0.2) is 63.3 Å². The molecule has 1 saturated heterocycles. The van der Waals surface area contributed by atoms with Crippen LogP contribution in [0.15, 0.2) is 53.4 Å². The Kier molecular flexibility index (Phi) is 8.71. The van der Waals surface area contributed by atoms with E-state index in [1.54, 1.807) is 6.07 Å². The molecule has 0 spiro atoms. The molecule has 0 bridgehead atoms. The molecule has 1 heterocycles. The molecular formula is C24H32ClN3O3S. The van der Waals surface area contributed by atoms with Crippen molar-refractivity contribution in [1.82, 2.24) is 14.5 Å². The Hall–Kier alpha value is -1.93. The minimum Gasteiger partial charge on any atom is -0.350 e. The number of rotatable bonds is 8. The van der Waals surface area contributed by atoms with Crippen LogP contribution in [0.1, 0.15) is 41.6 Å². The highest BCUT2D eigenvalue weighted by Gasteiger charge is 2.28. The molecule has 0 aliphatic carbocycles. The average Bonchev–Trinajstić information content (AvgIpc) is 3.07. The highest BCUT2D eigenvalue weighted by Crippen LogP contribution is 2.27. The van der Waals surface area contributed by atoms with Gasteiger partial charge in [0.05, 0.1) is 5.02 Å². The summed E-state index contributed by atoms with van der Waals surface area (Å²) in [7, 11) is 0.216. The zero-order valence-electron chi connectivity index (χ0n) is 18.8. The third-order valence-electron chi connectivity index (χ3n) is 5.92. The number of nitrogens with one attached hydrogen (secondary N) is 1. The largest absolute Gasteiger partial charge is 0.350 e. The summed E-state index contributed by atoms with van der Waals surface area (Å²) in [5, 5.41) is 3.10. The van der Waals surface area contributed by atoms with Crippen LogP contribution in [0.3, 0.4) is 0 Å². The van der Waals surface area contributed by atoms with Gasteiger partial charge in [0, 0.05) is 31.2 Å². The van der Waals surface area contributed by atoms with Gasteiger partial charge in [0.25, 0.3) is 5.91 Å². The second kappa shape index (κ2) is 11.3. The predicted molar refractivity (Wildman–Crippen MR) is 129 cm³/mol. The van der Waals surface area contributed by atoms with Gasteiger partial charge >= 0.3 is 0 Å². The van der Waals surface area contributed by atoms with Gasteiger partial charge < -0.3 is 10.2 Å². The highest BCUT2D eigenvalue weighted by molar-refractivity contribution is 7.89. The summed E-state index contributed by atoms with van der Waals surface area (Å²) in [5.41, 5.74) is 1.48. The zero-order valence-corrected chi connectivity index (χ0v) is 20.3. The van der Waals surface area contributed by atoms with Crippen LogP contribution in [0.2, 0.25) is 5.02 Å². The number of carbonyl (C=O) groups excluding carboxylic acids is 1. The van der Waals surface area contributed by atoms with Gasteiger partial charge in [0.15, 0.2) is 0 Å². The maximum absolute atomic E-state index is 13.2. The van der Waals surface area contributed by atoms with Crippen molar-refractivity contribution < 1.29 is 13.2 Å². The van der Waals surface area contributed by atoms with Crippen LogP contribution in [-0.2, 0) is 16.4 Å². The van der Waals surface area contributed by atoms with Crippen molar-refractivity contribution in [3.05, 3.63) is 64.7 Å². The molecule has 0 unspecified atom stereocenters. The first-order valence-corrected chi connectivity index (χ1v) is 12.9. The lowest BCUT2D eigenvalue weighted by molar-refractivity contribution is 0.0941. The molecule has 6 nitrogen and oxygen atoms in total. The molecule has 1 N–H and O–H groups in total. The van der Waals surface area contributed by atoms with E-state index < -0.39 is 10.0 Å². The van der Waals surface area contributed by atoms with Crippen LogP contribution in [0.4, 0.5) is 0 Å². The summed E-state index contributed by atoms with van der Waals surface area (Å²) < 4.78 is 27.9. The van der Waals surface area contributed by atoms with Crippen LogP contribution >= 0.6 is 11.6 Å². The predicted octanol–water partition coefficient (Wildman–Crippen LogP) is 3.81.